The lowest BCUT2D eigenvalue weighted by molar-refractivity contribution is -0.139. The maximum absolute atomic E-state index is 10.8. The number of aliphatic carboxylic acids is 1. The number of carboxylic acid groups (broad SMARTS) is 1. The zero-order valence-electron chi connectivity index (χ0n) is 15.0. The summed E-state index contributed by atoms with van der Waals surface area (Å²) in [6.45, 7) is 14.3. The molecule has 24 heavy (non-hydrogen) atoms. The number of carboxylic acids is 1. The molecule has 0 saturated carbocycles. The van der Waals surface area contributed by atoms with Gasteiger partial charge in [-0.2, -0.15) is 0 Å². The topological polar surface area (TPSA) is 89.9 Å². The first-order chi connectivity index (χ1) is 11.3. The van der Waals surface area contributed by atoms with Crippen LogP contribution in [0, 0.1) is 5.92 Å². The van der Waals surface area contributed by atoms with Crippen LogP contribution in [0.5, 0.6) is 0 Å². The van der Waals surface area contributed by atoms with Crippen LogP contribution in [0.15, 0.2) is 38.0 Å². The monoisotopic (exact) mass is 342 g/mol. The molecule has 0 aromatic carbocycles. The number of hydrogen-bond acceptors (Lipinski definition) is 5. The van der Waals surface area contributed by atoms with Crippen molar-refractivity contribution in [2.45, 2.75) is 39.5 Å². The van der Waals surface area contributed by atoms with Crippen LogP contribution in [-0.4, -0.2) is 36.7 Å². The highest BCUT2D eigenvalue weighted by Crippen LogP contribution is 2.12. The Morgan fingerprint density at radius 1 is 1.04 bits per heavy atom. The molecule has 0 spiro atoms. The molecule has 6 heteroatoms. The highest BCUT2D eigenvalue weighted by Gasteiger charge is 2.07. The fraction of sp³-hybridized carbons (Fsp3) is 0.500. The number of ether oxygens (including phenoxy) is 2. The van der Waals surface area contributed by atoms with Gasteiger partial charge in [-0.25, -0.2) is 14.4 Å². The Labute approximate surface area is 144 Å². The summed E-state index contributed by atoms with van der Waals surface area (Å²) in [6.07, 6.45) is 7.80. The van der Waals surface area contributed by atoms with E-state index in [1.54, 1.807) is 0 Å². The summed E-state index contributed by atoms with van der Waals surface area (Å²) in [5.74, 6) is -1.17. The Kier molecular flexibility index (Phi) is 22.8. The second-order valence-corrected chi connectivity index (χ2v) is 4.52. The van der Waals surface area contributed by atoms with Crippen molar-refractivity contribution in [2.24, 2.45) is 5.92 Å². The van der Waals surface area contributed by atoms with E-state index in [9.17, 15) is 14.4 Å². The van der Waals surface area contributed by atoms with Gasteiger partial charge in [-0.15, -0.1) is 0 Å². The average molecular weight is 342 g/mol. The molecule has 6 nitrogen and oxygen atoms in total. The van der Waals surface area contributed by atoms with Crippen LogP contribution in [0.2, 0.25) is 0 Å². The molecule has 0 rings (SSSR count). The lowest BCUT2D eigenvalue weighted by Gasteiger charge is -2.13. The van der Waals surface area contributed by atoms with Gasteiger partial charge in [-0.05, 0) is 12.3 Å². The summed E-state index contributed by atoms with van der Waals surface area (Å²) in [7, 11) is 1.31. The Bertz CT molecular complexity index is 387. The lowest BCUT2D eigenvalue weighted by Crippen LogP contribution is -2.12. The van der Waals surface area contributed by atoms with E-state index >= 15 is 0 Å². The molecule has 1 N–H and O–H groups in total. The van der Waals surface area contributed by atoms with Gasteiger partial charge in [0.05, 0.1) is 13.7 Å². The first kappa shape index (κ1) is 26.5. The standard InChI is InChI=1S/C11H20O2.C4H6O2.C3H4O2/c1-4-7-8-10(5-2)9-13-11(12)6-3;1-3-4(5)6-2;1-2-3(4)5/h6,10H,3-5,7-9H2,1-2H3;3H,1H2,2H3;2H,1H2,(H,4,5). The summed E-state index contributed by atoms with van der Waals surface area (Å²) >= 11 is 0. The first-order valence-electron chi connectivity index (χ1n) is 7.67. The van der Waals surface area contributed by atoms with E-state index in [2.05, 4.69) is 38.3 Å². The second kappa shape index (κ2) is 20.6. The minimum atomic E-state index is -0.981. The average Bonchev–Trinajstić information content (AvgIpc) is 2.61. The minimum Gasteiger partial charge on any atom is -0.478 e. The summed E-state index contributed by atoms with van der Waals surface area (Å²) in [6, 6.07) is 0. The number of hydrogen-bond donors (Lipinski definition) is 1. The van der Waals surface area contributed by atoms with Crippen LogP contribution in [0.25, 0.3) is 0 Å². The van der Waals surface area contributed by atoms with Crippen LogP contribution in [0.4, 0.5) is 0 Å². The number of rotatable bonds is 9. The number of unbranched alkanes of at least 4 members (excludes halogenated alkanes) is 1. The minimum absolute atomic E-state index is 0.310. The van der Waals surface area contributed by atoms with E-state index < -0.39 is 11.9 Å². The van der Waals surface area contributed by atoms with Crippen LogP contribution < -0.4 is 0 Å². The molecule has 0 aromatic rings. The summed E-state index contributed by atoms with van der Waals surface area (Å²) in [4.78, 5) is 29.9. The van der Waals surface area contributed by atoms with Crippen molar-refractivity contribution in [1.29, 1.82) is 0 Å². The molecular weight excluding hydrogens is 312 g/mol. The van der Waals surface area contributed by atoms with Gasteiger partial charge < -0.3 is 14.6 Å². The van der Waals surface area contributed by atoms with Crippen molar-refractivity contribution in [3.8, 4) is 0 Å². The van der Waals surface area contributed by atoms with E-state index in [0.717, 1.165) is 25.0 Å². The van der Waals surface area contributed by atoms with Crippen LogP contribution in [0.3, 0.4) is 0 Å². The van der Waals surface area contributed by atoms with Gasteiger partial charge in [0.25, 0.3) is 0 Å². The number of carbonyl (C=O) groups excluding carboxylic acids is 2. The van der Waals surface area contributed by atoms with E-state index in [1.807, 2.05) is 0 Å². The van der Waals surface area contributed by atoms with Crippen LogP contribution in [-0.2, 0) is 23.9 Å². The Balaban J connectivity index is -0.000000332. The van der Waals surface area contributed by atoms with Gasteiger partial charge in [0.2, 0.25) is 0 Å². The van der Waals surface area contributed by atoms with Gasteiger partial charge in [-0.1, -0.05) is 52.8 Å². The molecule has 138 valence electrons. The quantitative estimate of drug-likeness (QED) is 0.509. The SMILES string of the molecule is C=CC(=O)O.C=CC(=O)OC.C=CC(=O)OCC(CC)CCCC. The van der Waals surface area contributed by atoms with E-state index in [-0.39, 0.29) is 5.97 Å². The predicted molar refractivity (Wildman–Crippen MR) is 94.5 cm³/mol. The van der Waals surface area contributed by atoms with Crippen molar-refractivity contribution in [1.82, 2.24) is 0 Å². The maximum atomic E-state index is 10.8. The Morgan fingerprint density at radius 2 is 1.54 bits per heavy atom. The zero-order valence-corrected chi connectivity index (χ0v) is 15.0. The van der Waals surface area contributed by atoms with E-state index in [1.165, 1.54) is 26.0 Å². The predicted octanol–water partition coefficient (Wildman–Crippen LogP) is 3.53. The first-order valence-corrected chi connectivity index (χ1v) is 7.67. The summed E-state index contributed by atoms with van der Waals surface area (Å²) < 4.78 is 9.13. The molecule has 1 atom stereocenters. The molecular formula is C18H30O6. The van der Waals surface area contributed by atoms with Crippen LogP contribution in [0.1, 0.15) is 39.5 Å². The van der Waals surface area contributed by atoms with Crippen molar-refractivity contribution in [2.75, 3.05) is 13.7 Å². The molecule has 0 bridgehead atoms. The largest absolute Gasteiger partial charge is 0.478 e. The second-order valence-electron chi connectivity index (χ2n) is 4.52. The van der Waals surface area contributed by atoms with Crippen molar-refractivity contribution < 1.29 is 29.0 Å². The third-order valence-corrected chi connectivity index (χ3v) is 2.71. The Morgan fingerprint density at radius 3 is 1.79 bits per heavy atom. The molecule has 0 aromatic heterocycles. The highest BCUT2D eigenvalue weighted by molar-refractivity contribution is 5.81. The van der Waals surface area contributed by atoms with Gasteiger partial charge in [0, 0.05) is 18.2 Å². The van der Waals surface area contributed by atoms with Gasteiger partial charge in [0.15, 0.2) is 0 Å². The molecule has 0 heterocycles. The molecule has 0 aliphatic carbocycles. The molecule has 0 radical (unpaired) electrons. The van der Waals surface area contributed by atoms with E-state index in [4.69, 9.17) is 9.84 Å². The number of carbonyl (C=O) groups is 3. The Hall–Kier alpha value is -2.37. The number of methoxy groups -OCH3 is 1. The zero-order chi connectivity index (χ0) is 19.4. The number of esters is 2. The van der Waals surface area contributed by atoms with Crippen molar-refractivity contribution in [3.63, 3.8) is 0 Å². The van der Waals surface area contributed by atoms with Crippen LogP contribution >= 0.6 is 0 Å². The fourth-order valence-corrected chi connectivity index (χ4v) is 1.24. The van der Waals surface area contributed by atoms with Crippen molar-refractivity contribution >= 4 is 17.9 Å². The summed E-state index contributed by atoms with van der Waals surface area (Å²) in [5.41, 5.74) is 0. The molecule has 0 amide bonds. The molecule has 0 fully saturated rings. The fourth-order valence-electron chi connectivity index (χ4n) is 1.24. The molecule has 0 aliphatic rings. The van der Waals surface area contributed by atoms with E-state index in [0.29, 0.717) is 12.5 Å². The van der Waals surface area contributed by atoms with Gasteiger partial charge >= 0.3 is 17.9 Å². The van der Waals surface area contributed by atoms with Gasteiger partial charge in [-0.3, -0.25) is 0 Å². The smallest absolute Gasteiger partial charge is 0.330 e. The molecule has 0 aliphatic heterocycles. The highest BCUT2D eigenvalue weighted by atomic mass is 16.5. The molecule has 1 unspecified atom stereocenters. The lowest BCUT2D eigenvalue weighted by atomic mass is 10.0. The maximum Gasteiger partial charge on any atom is 0.330 e. The summed E-state index contributed by atoms with van der Waals surface area (Å²) in [5, 5.41) is 7.60. The normalized spacial score (nSPS) is 9.62. The molecule has 0 saturated heterocycles. The third-order valence-electron chi connectivity index (χ3n) is 2.71. The van der Waals surface area contributed by atoms with Gasteiger partial charge in [0.1, 0.15) is 0 Å². The third kappa shape index (κ3) is 24.6. The van der Waals surface area contributed by atoms with Crippen molar-refractivity contribution in [3.05, 3.63) is 38.0 Å².